The predicted octanol–water partition coefficient (Wildman–Crippen LogP) is 1.73. The summed E-state index contributed by atoms with van der Waals surface area (Å²) in [5.74, 6) is -1.60. The third-order valence-electron chi connectivity index (χ3n) is 2.28. The lowest BCUT2D eigenvalue weighted by Crippen LogP contribution is -2.42. The minimum Gasteiger partial charge on any atom is -0.480 e. The first-order valence-corrected chi connectivity index (χ1v) is 5.54. The van der Waals surface area contributed by atoms with Gasteiger partial charge in [-0.1, -0.05) is 24.8 Å². The van der Waals surface area contributed by atoms with Crippen LogP contribution in [-0.4, -0.2) is 29.8 Å². The van der Waals surface area contributed by atoms with E-state index in [9.17, 15) is 14.0 Å². The maximum atomic E-state index is 12.7. The summed E-state index contributed by atoms with van der Waals surface area (Å²) < 4.78 is 17.4. The zero-order valence-corrected chi connectivity index (χ0v) is 10.1. The lowest BCUT2D eigenvalue weighted by Gasteiger charge is -2.14. The molecule has 1 unspecified atom stereocenters. The molecule has 5 nitrogen and oxygen atoms in total. The van der Waals surface area contributed by atoms with Gasteiger partial charge in [0, 0.05) is 6.42 Å². The average molecular weight is 267 g/mol. The van der Waals surface area contributed by atoms with Crippen molar-refractivity contribution in [3.8, 4) is 0 Å². The lowest BCUT2D eigenvalue weighted by atomic mass is 10.1. The summed E-state index contributed by atoms with van der Waals surface area (Å²) in [6.07, 6.45) is 0.572. The highest BCUT2D eigenvalue weighted by Gasteiger charge is 2.20. The van der Waals surface area contributed by atoms with Crippen molar-refractivity contribution >= 4 is 12.1 Å². The lowest BCUT2D eigenvalue weighted by molar-refractivity contribution is -0.139. The van der Waals surface area contributed by atoms with Crippen molar-refractivity contribution in [2.24, 2.45) is 0 Å². The van der Waals surface area contributed by atoms with Crippen LogP contribution in [0.25, 0.3) is 0 Å². The largest absolute Gasteiger partial charge is 0.480 e. The third-order valence-corrected chi connectivity index (χ3v) is 2.28. The third kappa shape index (κ3) is 5.20. The molecule has 0 saturated heterocycles. The molecule has 0 bridgehead atoms. The monoisotopic (exact) mass is 267 g/mol. The van der Waals surface area contributed by atoms with Crippen molar-refractivity contribution in [3.63, 3.8) is 0 Å². The van der Waals surface area contributed by atoms with Gasteiger partial charge >= 0.3 is 12.1 Å². The number of rotatable bonds is 6. The Morgan fingerprint density at radius 3 is 2.58 bits per heavy atom. The van der Waals surface area contributed by atoms with E-state index >= 15 is 0 Å². The zero-order valence-electron chi connectivity index (χ0n) is 10.1. The molecule has 0 aliphatic carbocycles. The van der Waals surface area contributed by atoms with E-state index in [-0.39, 0.29) is 13.0 Å². The first-order chi connectivity index (χ1) is 9.02. The quantitative estimate of drug-likeness (QED) is 0.770. The Morgan fingerprint density at radius 2 is 2.05 bits per heavy atom. The Hall–Kier alpha value is -2.37. The second kappa shape index (κ2) is 7.15. The number of hydrogen-bond donors (Lipinski definition) is 2. The Morgan fingerprint density at radius 1 is 1.42 bits per heavy atom. The van der Waals surface area contributed by atoms with Gasteiger partial charge in [0.2, 0.25) is 0 Å². The molecule has 2 N–H and O–H groups in total. The maximum Gasteiger partial charge on any atom is 0.408 e. The molecule has 6 heteroatoms. The van der Waals surface area contributed by atoms with Gasteiger partial charge in [0.05, 0.1) is 0 Å². The molecular formula is C13H14FNO4. The molecule has 1 atom stereocenters. The number of carboxylic acid groups (broad SMARTS) is 1. The minimum atomic E-state index is -1.19. The number of ether oxygens (including phenoxy) is 1. The summed E-state index contributed by atoms with van der Waals surface area (Å²) >= 11 is 0. The summed E-state index contributed by atoms with van der Waals surface area (Å²) in [6, 6.07) is 4.24. The van der Waals surface area contributed by atoms with Crippen LogP contribution in [0, 0.1) is 5.82 Å². The summed E-state index contributed by atoms with van der Waals surface area (Å²) in [5.41, 5.74) is 0.595. The van der Waals surface area contributed by atoms with Crippen LogP contribution in [-0.2, 0) is 16.0 Å². The first-order valence-electron chi connectivity index (χ1n) is 5.54. The standard InChI is InChI=1S/C13H14FNO4/c1-2-7-19-13(18)15-11(12(16)17)8-9-3-5-10(14)6-4-9/h2-6,11H,1,7-8H2,(H,15,18)(H,16,17). The van der Waals surface area contributed by atoms with E-state index < -0.39 is 23.9 Å². The summed E-state index contributed by atoms with van der Waals surface area (Å²) in [6.45, 7) is 3.36. The smallest absolute Gasteiger partial charge is 0.408 e. The number of carbonyl (C=O) groups is 2. The molecule has 1 aromatic rings. The molecule has 0 heterocycles. The van der Waals surface area contributed by atoms with Crippen LogP contribution in [0.5, 0.6) is 0 Å². The van der Waals surface area contributed by atoms with Crippen molar-refractivity contribution < 1.29 is 23.8 Å². The van der Waals surface area contributed by atoms with Crippen molar-refractivity contribution in [1.82, 2.24) is 5.32 Å². The number of halogens is 1. The van der Waals surface area contributed by atoms with Gasteiger partial charge in [0.1, 0.15) is 18.5 Å². The fourth-order valence-electron chi connectivity index (χ4n) is 1.37. The second-order valence-corrected chi connectivity index (χ2v) is 3.75. The van der Waals surface area contributed by atoms with E-state index in [0.717, 1.165) is 0 Å². The first kappa shape index (κ1) is 14.7. The Kier molecular flexibility index (Phi) is 5.53. The summed E-state index contributed by atoms with van der Waals surface area (Å²) in [5, 5.41) is 11.2. The molecule has 0 saturated carbocycles. The number of alkyl carbamates (subject to hydrolysis) is 1. The van der Waals surface area contributed by atoms with Gasteiger partial charge in [0.15, 0.2) is 0 Å². The molecular weight excluding hydrogens is 253 g/mol. The molecule has 1 amide bonds. The Balaban J connectivity index is 2.62. The van der Waals surface area contributed by atoms with Crippen molar-refractivity contribution in [2.45, 2.75) is 12.5 Å². The fraction of sp³-hybridized carbons (Fsp3) is 0.231. The second-order valence-electron chi connectivity index (χ2n) is 3.75. The number of carboxylic acids is 1. The number of amides is 1. The van der Waals surface area contributed by atoms with E-state index in [4.69, 9.17) is 5.11 Å². The number of nitrogens with one attached hydrogen (secondary N) is 1. The van der Waals surface area contributed by atoms with Gasteiger partial charge in [-0.15, -0.1) is 0 Å². The summed E-state index contributed by atoms with van der Waals surface area (Å²) in [4.78, 5) is 22.3. The van der Waals surface area contributed by atoms with Crippen molar-refractivity contribution in [2.75, 3.05) is 6.61 Å². The molecule has 1 aromatic carbocycles. The van der Waals surface area contributed by atoms with Crippen LogP contribution < -0.4 is 5.32 Å². The van der Waals surface area contributed by atoms with Crippen molar-refractivity contribution in [3.05, 3.63) is 48.3 Å². The number of aliphatic carboxylic acids is 1. The van der Waals surface area contributed by atoms with E-state index in [1.165, 1.54) is 30.3 Å². The molecule has 0 aliphatic heterocycles. The highest BCUT2D eigenvalue weighted by Crippen LogP contribution is 2.06. The topological polar surface area (TPSA) is 75.6 Å². The van der Waals surface area contributed by atoms with Crippen LogP contribution in [0.1, 0.15) is 5.56 Å². The molecule has 0 aromatic heterocycles. The molecule has 0 aliphatic rings. The number of carbonyl (C=O) groups excluding carboxylic acids is 1. The van der Waals surface area contributed by atoms with Crippen LogP contribution in [0.2, 0.25) is 0 Å². The molecule has 1 rings (SSSR count). The van der Waals surface area contributed by atoms with E-state index in [0.29, 0.717) is 5.56 Å². The molecule has 19 heavy (non-hydrogen) atoms. The predicted molar refractivity (Wildman–Crippen MR) is 66.2 cm³/mol. The molecule has 0 fully saturated rings. The Bertz CT molecular complexity index is 458. The van der Waals surface area contributed by atoms with Gasteiger partial charge in [0.25, 0.3) is 0 Å². The maximum absolute atomic E-state index is 12.7. The van der Waals surface area contributed by atoms with Crippen LogP contribution in [0.4, 0.5) is 9.18 Å². The molecule has 0 radical (unpaired) electrons. The SMILES string of the molecule is C=CCOC(=O)NC(Cc1ccc(F)cc1)C(=O)O. The van der Waals surface area contributed by atoms with Gasteiger partial charge in [-0.3, -0.25) is 0 Å². The highest BCUT2D eigenvalue weighted by molar-refractivity contribution is 5.80. The van der Waals surface area contributed by atoms with E-state index in [1.54, 1.807) is 0 Å². The van der Waals surface area contributed by atoms with Gasteiger partial charge in [-0.05, 0) is 17.7 Å². The number of benzene rings is 1. The normalized spacial score (nSPS) is 11.4. The van der Waals surface area contributed by atoms with Crippen LogP contribution in [0.3, 0.4) is 0 Å². The van der Waals surface area contributed by atoms with Gasteiger partial charge < -0.3 is 15.2 Å². The molecule has 0 spiro atoms. The summed E-state index contributed by atoms with van der Waals surface area (Å²) in [7, 11) is 0. The average Bonchev–Trinajstić information content (AvgIpc) is 2.38. The highest BCUT2D eigenvalue weighted by atomic mass is 19.1. The Labute approximate surface area is 109 Å². The van der Waals surface area contributed by atoms with Crippen LogP contribution >= 0.6 is 0 Å². The van der Waals surface area contributed by atoms with Gasteiger partial charge in [-0.2, -0.15) is 0 Å². The molecule has 102 valence electrons. The minimum absolute atomic E-state index is 0.00524. The van der Waals surface area contributed by atoms with Crippen molar-refractivity contribution in [1.29, 1.82) is 0 Å². The van der Waals surface area contributed by atoms with E-state index in [1.807, 2.05) is 0 Å². The fourth-order valence-corrected chi connectivity index (χ4v) is 1.37. The van der Waals surface area contributed by atoms with E-state index in [2.05, 4.69) is 16.6 Å². The number of hydrogen-bond acceptors (Lipinski definition) is 3. The van der Waals surface area contributed by atoms with Gasteiger partial charge in [-0.25, -0.2) is 14.0 Å². The van der Waals surface area contributed by atoms with Crippen LogP contribution in [0.15, 0.2) is 36.9 Å². The zero-order chi connectivity index (χ0) is 14.3.